The van der Waals surface area contributed by atoms with Gasteiger partial charge >= 0.3 is 0 Å². The zero-order valence-electron chi connectivity index (χ0n) is 19.7. The lowest BCUT2D eigenvalue weighted by molar-refractivity contribution is -0.154. The Morgan fingerprint density at radius 1 is 1.09 bits per heavy atom. The number of benzene rings is 1. The van der Waals surface area contributed by atoms with Gasteiger partial charge in [0.15, 0.2) is 0 Å². The predicted molar refractivity (Wildman–Crippen MR) is 130 cm³/mol. The number of nitrogens with one attached hydrogen (secondary N) is 1. The molecule has 2 aromatic rings. The standard InChI is InChI=1S/C26H34N4O4/c1-34-18-17-30(24(32)15-14-23(31)29-22-13-8-16-28-19-22)26(25(27)33,20-9-4-2-5-10-20)21-11-6-3-7-12-21/h2,4-5,8-10,13,16,19,21H,3,6-7,11-12,14-15,17-18H2,1H3,(H2,27,33)(H,29,31). The van der Waals surface area contributed by atoms with Gasteiger partial charge in [0.05, 0.1) is 18.5 Å². The zero-order valence-corrected chi connectivity index (χ0v) is 19.7. The maximum absolute atomic E-state index is 13.6. The van der Waals surface area contributed by atoms with Crippen molar-refractivity contribution in [2.24, 2.45) is 11.7 Å². The number of hydrogen-bond acceptors (Lipinski definition) is 5. The Hall–Kier alpha value is -3.26. The second-order valence-electron chi connectivity index (χ2n) is 8.66. The second kappa shape index (κ2) is 12.3. The molecule has 1 saturated carbocycles. The summed E-state index contributed by atoms with van der Waals surface area (Å²) in [5.74, 6) is -1.25. The SMILES string of the molecule is COCCN(C(=O)CCC(=O)Nc1cccnc1)C(C(N)=O)(c1ccccc1)C1CCCCC1. The van der Waals surface area contributed by atoms with E-state index in [1.807, 2.05) is 30.3 Å². The molecule has 1 unspecified atom stereocenters. The lowest BCUT2D eigenvalue weighted by Gasteiger charge is -2.48. The van der Waals surface area contributed by atoms with Gasteiger partial charge in [0.25, 0.3) is 0 Å². The van der Waals surface area contributed by atoms with Crippen LogP contribution in [0.1, 0.15) is 50.5 Å². The fraction of sp³-hybridized carbons (Fsp3) is 0.462. The monoisotopic (exact) mass is 466 g/mol. The summed E-state index contributed by atoms with van der Waals surface area (Å²) in [5, 5.41) is 2.75. The van der Waals surface area contributed by atoms with Gasteiger partial charge in [-0.05, 0) is 36.5 Å². The predicted octanol–water partition coefficient (Wildman–Crippen LogP) is 3.24. The van der Waals surface area contributed by atoms with E-state index in [-0.39, 0.29) is 43.7 Å². The number of nitrogens with two attached hydrogens (primary N) is 1. The minimum Gasteiger partial charge on any atom is -0.383 e. The summed E-state index contributed by atoms with van der Waals surface area (Å²) in [4.78, 5) is 45.0. The number of hydrogen-bond donors (Lipinski definition) is 2. The zero-order chi connectivity index (χ0) is 24.4. The molecule has 1 aromatic heterocycles. The van der Waals surface area contributed by atoms with Crippen LogP contribution in [0.2, 0.25) is 0 Å². The summed E-state index contributed by atoms with van der Waals surface area (Å²) in [7, 11) is 1.55. The first-order valence-electron chi connectivity index (χ1n) is 11.8. The van der Waals surface area contributed by atoms with E-state index in [2.05, 4.69) is 10.3 Å². The van der Waals surface area contributed by atoms with Gasteiger partial charge in [-0.1, -0.05) is 49.6 Å². The van der Waals surface area contributed by atoms with Crippen molar-refractivity contribution in [3.63, 3.8) is 0 Å². The highest BCUT2D eigenvalue weighted by atomic mass is 16.5. The summed E-state index contributed by atoms with van der Waals surface area (Å²) < 4.78 is 5.29. The number of aromatic nitrogens is 1. The number of carbonyl (C=O) groups is 3. The molecule has 1 heterocycles. The lowest BCUT2D eigenvalue weighted by atomic mass is 9.69. The topological polar surface area (TPSA) is 115 Å². The Balaban J connectivity index is 1.90. The van der Waals surface area contributed by atoms with Gasteiger partial charge in [-0.25, -0.2) is 0 Å². The molecular weight excluding hydrogens is 432 g/mol. The van der Waals surface area contributed by atoms with Gasteiger partial charge in [-0.15, -0.1) is 0 Å². The first kappa shape index (κ1) is 25.4. The first-order chi connectivity index (χ1) is 16.5. The Bertz CT molecular complexity index is 948. The molecule has 1 aliphatic carbocycles. The fourth-order valence-electron chi connectivity index (χ4n) is 5.00. The minimum atomic E-state index is -1.29. The Kier molecular flexibility index (Phi) is 9.16. The van der Waals surface area contributed by atoms with Crippen molar-refractivity contribution < 1.29 is 19.1 Å². The molecule has 3 amide bonds. The van der Waals surface area contributed by atoms with Gasteiger partial charge in [0, 0.05) is 32.7 Å². The number of carbonyl (C=O) groups excluding carboxylic acids is 3. The summed E-state index contributed by atoms with van der Waals surface area (Å²) in [6, 6.07) is 12.8. The molecule has 0 bridgehead atoms. The maximum Gasteiger partial charge on any atom is 0.248 e. The van der Waals surface area contributed by atoms with Gasteiger partial charge in [-0.2, -0.15) is 0 Å². The second-order valence-corrected chi connectivity index (χ2v) is 8.66. The summed E-state index contributed by atoms with van der Waals surface area (Å²) >= 11 is 0. The van der Waals surface area contributed by atoms with Crippen LogP contribution in [0.5, 0.6) is 0 Å². The summed E-state index contributed by atoms with van der Waals surface area (Å²) in [6.07, 6.45) is 7.74. The van der Waals surface area contributed by atoms with Crippen molar-refractivity contribution >= 4 is 23.4 Å². The van der Waals surface area contributed by atoms with Crippen molar-refractivity contribution in [2.45, 2.75) is 50.5 Å². The van der Waals surface area contributed by atoms with Crippen LogP contribution in [0.3, 0.4) is 0 Å². The third-order valence-corrected chi connectivity index (χ3v) is 6.54. The van der Waals surface area contributed by atoms with Gasteiger partial charge in [0.2, 0.25) is 17.7 Å². The third kappa shape index (κ3) is 5.80. The highest BCUT2D eigenvalue weighted by Gasteiger charge is 2.52. The molecule has 0 aliphatic heterocycles. The van der Waals surface area contributed by atoms with Crippen LogP contribution in [0.25, 0.3) is 0 Å². The minimum absolute atomic E-state index is 0.0223. The lowest BCUT2D eigenvalue weighted by Crippen LogP contribution is -2.62. The van der Waals surface area contributed by atoms with Crippen molar-refractivity contribution in [3.05, 3.63) is 60.4 Å². The molecule has 8 nitrogen and oxygen atoms in total. The smallest absolute Gasteiger partial charge is 0.248 e. The first-order valence-corrected chi connectivity index (χ1v) is 11.8. The van der Waals surface area contributed by atoms with Crippen molar-refractivity contribution in [1.82, 2.24) is 9.88 Å². The Labute approximate surface area is 200 Å². The van der Waals surface area contributed by atoms with Gasteiger partial charge < -0.3 is 20.7 Å². The third-order valence-electron chi connectivity index (χ3n) is 6.54. The van der Waals surface area contributed by atoms with Crippen LogP contribution in [-0.2, 0) is 24.7 Å². The molecule has 1 fully saturated rings. The van der Waals surface area contributed by atoms with E-state index >= 15 is 0 Å². The van der Waals surface area contributed by atoms with Crippen LogP contribution in [-0.4, -0.2) is 47.9 Å². The fourth-order valence-corrected chi connectivity index (χ4v) is 5.00. The number of ether oxygens (including phenoxy) is 1. The maximum atomic E-state index is 13.6. The normalized spacial score (nSPS) is 15.8. The molecule has 1 aromatic carbocycles. The molecule has 182 valence electrons. The van der Waals surface area contributed by atoms with E-state index in [1.165, 1.54) is 0 Å². The molecule has 34 heavy (non-hydrogen) atoms. The quantitative estimate of drug-likeness (QED) is 0.528. The number of primary amides is 1. The largest absolute Gasteiger partial charge is 0.383 e. The molecule has 1 aliphatic rings. The molecule has 3 N–H and O–H groups in total. The van der Waals surface area contributed by atoms with Crippen LogP contribution < -0.4 is 11.1 Å². The highest BCUT2D eigenvalue weighted by molar-refractivity contribution is 5.95. The van der Waals surface area contributed by atoms with E-state index in [1.54, 1.807) is 36.5 Å². The summed E-state index contributed by atoms with van der Waals surface area (Å²) in [5.41, 5.74) is 6.12. The van der Waals surface area contributed by atoms with Crippen LogP contribution in [0.4, 0.5) is 5.69 Å². The molecule has 0 spiro atoms. The average molecular weight is 467 g/mol. The number of anilines is 1. The number of amides is 3. The highest BCUT2D eigenvalue weighted by Crippen LogP contribution is 2.44. The number of rotatable bonds is 11. The van der Waals surface area contributed by atoms with Gasteiger partial charge in [-0.3, -0.25) is 19.4 Å². The van der Waals surface area contributed by atoms with Crippen LogP contribution in [0.15, 0.2) is 54.9 Å². The van der Waals surface area contributed by atoms with E-state index < -0.39 is 11.4 Å². The van der Waals surface area contributed by atoms with E-state index in [4.69, 9.17) is 10.5 Å². The Morgan fingerprint density at radius 3 is 2.44 bits per heavy atom. The van der Waals surface area contributed by atoms with Crippen molar-refractivity contribution in [2.75, 3.05) is 25.6 Å². The molecule has 0 radical (unpaired) electrons. The van der Waals surface area contributed by atoms with Gasteiger partial charge in [0.1, 0.15) is 5.54 Å². The van der Waals surface area contributed by atoms with Crippen LogP contribution >= 0.6 is 0 Å². The molecule has 1 atom stereocenters. The number of nitrogens with zero attached hydrogens (tertiary/aromatic N) is 2. The number of methoxy groups -OCH3 is 1. The molecule has 8 heteroatoms. The summed E-state index contributed by atoms with van der Waals surface area (Å²) in [6.45, 7) is 0.454. The molecular formula is C26H34N4O4. The van der Waals surface area contributed by atoms with Crippen molar-refractivity contribution in [3.8, 4) is 0 Å². The van der Waals surface area contributed by atoms with Crippen LogP contribution in [0, 0.1) is 5.92 Å². The number of pyridine rings is 1. The molecule has 3 rings (SSSR count). The van der Waals surface area contributed by atoms with E-state index in [9.17, 15) is 14.4 Å². The molecule has 0 saturated heterocycles. The van der Waals surface area contributed by atoms with E-state index in [0.717, 1.165) is 32.1 Å². The Morgan fingerprint density at radius 2 is 1.82 bits per heavy atom. The van der Waals surface area contributed by atoms with E-state index in [0.29, 0.717) is 11.3 Å². The van der Waals surface area contributed by atoms with Crippen molar-refractivity contribution in [1.29, 1.82) is 0 Å². The average Bonchev–Trinajstić information content (AvgIpc) is 2.86.